The zero-order chi connectivity index (χ0) is 22.8. The van der Waals surface area contributed by atoms with E-state index in [1.54, 1.807) is 18.2 Å². The molecule has 0 aliphatic rings. The van der Waals surface area contributed by atoms with Crippen molar-refractivity contribution in [3.05, 3.63) is 89.1 Å². The molecule has 1 heterocycles. The van der Waals surface area contributed by atoms with E-state index in [0.29, 0.717) is 41.1 Å². The summed E-state index contributed by atoms with van der Waals surface area (Å²) in [7, 11) is 0. The van der Waals surface area contributed by atoms with Crippen LogP contribution < -0.4 is 15.9 Å². The van der Waals surface area contributed by atoms with Crippen LogP contribution in [0.3, 0.4) is 0 Å². The summed E-state index contributed by atoms with van der Waals surface area (Å²) in [5.74, 6) is 1.15. The third-order valence-electron chi connectivity index (χ3n) is 4.82. The Hall–Kier alpha value is -3.12. The fourth-order valence-corrected chi connectivity index (χ4v) is 3.18. The van der Waals surface area contributed by atoms with Crippen molar-refractivity contribution in [2.24, 2.45) is 5.73 Å². The molecule has 0 aliphatic carbocycles. The van der Waals surface area contributed by atoms with E-state index in [0.717, 1.165) is 24.1 Å². The van der Waals surface area contributed by atoms with E-state index >= 15 is 0 Å². The van der Waals surface area contributed by atoms with E-state index in [9.17, 15) is 4.79 Å². The molecule has 0 bridgehead atoms. The molecule has 0 atom stereocenters. The van der Waals surface area contributed by atoms with Crippen molar-refractivity contribution in [3.8, 4) is 28.2 Å². The van der Waals surface area contributed by atoms with Crippen LogP contribution in [0.2, 0.25) is 0 Å². The number of fused-ring (bicyclic) bond motifs is 1. The SMILES string of the molecule is CCCN.Cl.O=c1c(-c2ccccc2)c(-c2ccccc2)oc2cc(OCCCO)ccc12. The summed E-state index contributed by atoms with van der Waals surface area (Å²) >= 11 is 0. The summed E-state index contributed by atoms with van der Waals surface area (Å²) in [6.07, 6.45) is 1.64. The average molecular weight is 468 g/mol. The summed E-state index contributed by atoms with van der Waals surface area (Å²) in [4.78, 5) is 13.4. The molecule has 0 aliphatic heterocycles. The highest BCUT2D eigenvalue weighted by atomic mass is 35.5. The molecule has 4 rings (SSSR count). The van der Waals surface area contributed by atoms with Crippen LogP contribution in [-0.2, 0) is 0 Å². The Bertz CT molecular complexity index is 1180. The van der Waals surface area contributed by atoms with Gasteiger partial charge in [0.2, 0.25) is 5.43 Å². The van der Waals surface area contributed by atoms with Crippen LogP contribution >= 0.6 is 12.4 Å². The number of aliphatic hydroxyl groups is 1. The van der Waals surface area contributed by atoms with Gasteiger partial charge in [0.05, 0.1) is 17.6 Å². The van der Waals surface area contributed by atoms with Crippen LogP contribution in [0.1, 0.15) is 19.8 Å². The number of benzene rings is 3. The Morgan fingerprint density at radius 3 is 2.12 bits per heavy atom. The first kappa shape index (κ1) is 26.1. The van der Waals surface area contributed by atoms with Crippen LogP contribution in [-0.4, -0.2) is 24.9 Å². The lowest BCUT2D eigenvalue weighted by Gasteiger charge is -2.12. The molecule has 6 heteroatoms. The topological polar surface area (TPSA) is 85.7 Å². The number of rotatable bonds is 7. The van der Waals surface area contributed by atoms with Gasteiger partial charge in [-0.1, -0.05) is 67.6 Å². The predicted molar refractivity (Wildman–Crippen MR) is 137 cm³/mol. The van der Waals surface area contributed by atoms with Gasteiger partial charge in [-0.05, 0) is 30.7 Å². The second-order valence-corrected chi connectivity index (χ2v) is 7.24. The minimum atomic E-state index is -0.0757. The molecule has 174 valence electrons. The molecule has 4 aromatic rings. The first-order valence-electron chi connectivity index (χ1n) is 10.8. The lowest BCUT2D eigenvalue weighted by Crippen LogP contribution is -2.08. The number of nitrogens with two attached hydrogens (primary N) is 1. The summed E-state index contributed by atoms with van der Waals surface area (Å²) in [6, 6.07) is 24.4. The summed E-state index contributed by atoms with van der Waals surface area (Å²) in [5, 5.41) is 9.42. The van der Waals surface area contributed by atoms with Crippen LogP contribution in [0, 0.1) is 0 Å². The Morgan fingerprint density at radius 1 is 0.939 bits per heavy atom. The normalized spacial score (nSPS) is 10.2. The van der Waals surface area contributed by atoms with Crippen molar-refractivity contribution in [3.63, 3.8) is 0 Å². The first-order chi connectivity index (χ1) is 15.7. The van der Waals surface area contributed by atoms with Gasteiger partial charge in [-0.25, -0.2) is 0 Å². The number of hydrogen-bond acceptors (Lipinski definition) is 5. The number of hydrogen-bond donors (Lipinski definition) is 2. The molecule has 3 N–H and O–H groups in total. The van der Waals surface area contributed by atoms with E-state index in [2.05, 4.69) is 6.92 Å². The highest BCUT2D eigenvalue weighted by Crippen LogP contribution is 2.33. The molecule has 0 spiro atoms. The van der Waals surface area contributed by atoms with E-state index in [4.69, 9.17) is 20.0 Å². The summed E-state index contributed by atoms with van der Waals surface area (Å²) in [5.41, 5.74) is 7.64. The van der Waals surface area contributed by atoms with E-state index < -0.39 is 0 Å². The second-order valence-electron chi connectivity index (χ2n) is 7.24. The van der Waals surface area contributed by atoms with Gasteiger partial charge < -0.3 is 20.0 Å². The lowest BCUT2D eigenvalue weighted by atomic mass is 9.98. The Kier molecular flexibility index (Phi) is 10.6. The van der Waals surface area contributed by atoms with Crippen LogP contribution in [0.15, 0.2) is 88.1 Å². The molecule has 0 saturated carbocycles. The first-order valence-corrected chi connectivity index (χ1v) is 10.8. The van der Waals surface area contributed by atoms with Gasteiger partial charge in [0.1, 0.15) is 17.1 Å². The largest absolute Gasteiger partial charge is 0.493 e. The molecule has 0 unspecified atom stereocenters. The maximum atomic E-state index is 13.4. The third kappa shape index (κ3) is 6.68. The molecule has 1 aromatic heterocycles. The van der Waals surface area contributed by atoms with Gasteiger partial charge in [0, 0.05) is 24.7 Å². The molecule has 5 nitrogen and oxygen atoms in total. The highest BCUT2D eigenvalue weighted by molar-refractivity contribution is 5.89. The van der Waals surface area contributed by atoms with Crippen LogP contribution in [0.5, 0.6) is 5.75 Å². The predicted octanol–water partition coefficient (Wildman–Crippen LogP) is 5.67. The summed E-state index contributed by atoms with van der Waals surface area (Å²) < 4.78 is 11.9. The molecular formula is C27H30ClNO4. The Morgan fingerprint density at radius 2 is 1.55 bits per heavy atom. The summed E-state index contributed by atoms with van der Waals surface area (Å²) in [6.45, 7) is 3.35. The van der Waals surface area contributed by atoms with Crippen molar-refractivity contribution >= 4 is 23.4 Å². The van der Waals surface area contributed by atoms with Crippen LogP contribution in [0.4, 0.5) is 0 Å². The zero-order valence-corrected chi connectivity index (χ0v) is 19.5. The average Bonchev–Trinajstić information content (AvgIpc) is 2.85. The van der Waals surface area contributed by atoms with Gasteiger partial charge in [-0.3, -0.25) is 4.79 Å². The lowest BCUT2D eigenvalue weighted by molar-refractivity contribution is 0.233. The molecule has 0 saturated heterocycles. The monoisotopic (exact) mass is 467 g/mol. The number of halogens is 1. The molecule has 0 amide bonds. The van der Waals surface area contributed by atoms with Crippen molar-refractivity contribution in [2.75, 3.05) is 19.8 Å². The maximum Gasteiger partial charge on any atom is 0.201 e. The Balaban J connectivity index is 0.000000714. The van der Waals surface area contributed by atoms with Crippen LogP contribution in [0.25, 0.3) is 33.4 Å². The van der Waals surface area contributed by atoms with Crippen molar-refractivity contribution < 1.29 is 14.3 Å². The van der Waals surface area contributed by atoms with Gasteiger partial charge in [0.25, 0.3) is 0 Å². The van der Waals surface area contributed by atoms with Crippen molar-refractivity contribution in [2.45, 2.75) is 19.8 Å². The van der Waals surface area contributed by atoms with Crippen molar-refractivity contribution in [1.29, 1.82) is 0 Å². The quantitative estimate of drug-likeness (QED) is 0.342. The maximum absolute atomic E-state index is 13.4. The number of aliphatic hydroxyl groups excluding tert-OH is 1. The van der Waals surface area contributed by atoms with Gasteiger partial charge in [-0.15, -0.1) is 12.4 Å². The molecule has 33 heavy (non-hydrogen) atoms. The van der Waals surface area contributed by atoms with Gasteiger partial charge >= 0.3 is 0 Å². The second kappa shape index (κ2) is 13.4. The molecule has 0 fully saturated rings. The molecule has 0 radical (unpaired) electrons. The molecule has 3 aromatic carbocycles. The Labute approximate surface area is 200 Å². The zero-order valence-electron chi connectivity index (χ0n) is 18.7. The van der Waals surface area contributed by atoms with Crippen molar-refractivity contribution in [1.82, 2.24) is 0 Å². The van der Waals surface area contributed by atoms with E-state index in [1.807, 2.05) is 60.7 Å². The fourth-order valence-electron chi connectivity index (χ4n) is 3.18. The van der Waals surface area contributed by atoms with E-state index in [-0.39, 0.29) is 24.4 Å². The third-order valence-corrected chi connectivity index (χ3v) is 4.82. The smallest absolute Gasteiger partial charge is 0.201 e. The minimum absolute atomic E-state index is 0. The standard InChI is InChI=1S/C24H20O4.C3H9N.ClH/c25-14-7-15-27-19-12-13-20-21(16-19)28-24(18-10-5-2-6-11-18)22(23(20)26)17-8-3-1-4-9-17;1-2-3-4;/h1-6,8-13,16,25H,7,14-15H2;2-4H2,1H3;1H. The van der Waals surface area contributed by atoms with Gasteiger partial charge in [0.15, 0.2) is 0 Å². The van der Waals surface area contributed by atoms with Gasteiger partial charge in [-0.2, -0.15) is 0 Å². The number of ether oxygens (including phenoxy) is 1. The molecular weight excluding hydrogens is 438 g/mol. The highest BCUT2D eigenvalue weighted by Gasteiger charge is 2.18. The van der Waals surface area contributed by atoms with E-state index in [1.165, 1.54) is 0 Å². The fraction of sp³-hybridized carbons (Fsp3) is 0.222. The minimum Gasteiger partial charge on any atom is -0.493 e.